The van der Waals surface area contributed by atoms with Crippen LogP contribution in [0, 0.1) is 11.8 Å². The van der Waals surface area contributed by atoms with Gasteiger partial charge in [0.2, 0.25) is 11.8 Å². The van der Waals surface area contributed by atoms with E-state index in [1.807, 2.05) is 24.3 Å². The third-order valence-corrected chi connectivity index (χ3v) is 4.84. The Bertz CT molecular complexity index is 582. The van der Waals surface area contributed by atoms with Crippen molar-refractivity contribution in [1.29, 1.82) is 0 Å². The van der Waals surface area contributed by atoms with Crippen LogP contribution in [0.2, 0.25) is 0 Å². The van der Waals surface area contributed by atoms with Gasteiger partial charge in [0.05, 0.1) is 13.0 Å². The number of carbonyl (C=O) groups is 2. The average molecular weight is 331 g/mol. The first-order valence-electron chi connectivity index (χ1n) is 8.60. The number of rotatable bonds is 5. The topological polar surface area (TPSA) is 70.7 Å². The number of nitrogens with zero attached hydrogens (tertiary/aromatic N) is 1. The number of benzene rings is 1. The van der Waals surface area contributed by atoms with E-state index in [1.54, 1.807) is 12.0 Å². The van der Waals surface area contributed by atoms with Crippen LogP contribution in [0.1, 0.15) is 19.3 Å². The maximum absolute atomic E-state index is 12.4. The highest BCUT2D eigenvalue weighted by atomic mass is 16.5. The Morgan fingerprint density at radius 3 is 2.83 bits per heavy atom. The van der Waals surface area contributed by atoms with Gasteiger partial charge in [-0.1, -0.05) is 0 Å². The Morgan fingerprint density at radius 1 is 1.38 bits per heavy atom. The lowest BCUT2D eigenvalue weighted by Gasteiger charge is -2.23. The number of anilines is 1. The fraction of sp³-hybridized carbons (Fsp3) is 0.556. The van der Waals surface area contributed by atoms with Crippen molar-refractivity contribution in [2.45, 2.75) is 19.3 Å². The minimum absolute atomic E-state index is 0.000324. The third-order valence-electron chi connectivity index (χ3n) is 4.84. The normalized spacial score (nSPS) is 24.0. The zero-order valence-corrected chi connectivity index (χ0v) is 14.1. The van der Waals surface area contributed by atoms with Crippen molar-refractivity contribution in [1.82, 2.24) is 10.6 Å². The van der Waals surface area contributed by atoms with E-state index in [4.69, 9.17) is 4.74 Å². The van der Waals surface area contributed by atoms with Gasteiger partial charge in [-0.25, -0.2) is 0 Å². The van der Waals surface area contributed by atoms with E-state index in [2.05, 4.69) is 10.6 Å². The molecule has 3 rings (SSSR count). The Kier molecular flexibility index (Phi) is 5.35. The lowest BCUT2D eigenvalue weighted by atomic mass is 9.99. The molecule has 2 aliphatic heterocycles. The molecule has 0 spiro atoms. The Hall–Kier alpha value is -2.08. The molecular formula is C18H25N3O3. The van der Waals surface area contributed by atoms with Crippen molar-refractivity contribution < 1.29 is 14.3 Å². The number of methoxy groups -OCH3 is 1. The molecule has 1 aromatic rings. The molecule has 2 aliphatic rings. The molecule has 1 aromatic carbocycles. The number of hydrogen-bond donors (Lipinski definition) is 2. The molecule has 2 N–H and O–H groups in total. The van der Waals surface area contributed by atoms with Crippen molar-refractivity contribution in [3.8, 4) is 5.75 Å². The highest BCUT2D eigenvalue weighted by Crippen LogP contribution is 2.27. The quantitative estimate of drug-likeness (QED) is 0.849. The van der Waals surface area contributed by atoms with Crippen molar-refractivity contribution in [2.75, 3.05) is 38.2 Å². The van der Waals surface area contributed by atoms with E-state index in [0.717, 1.165) is 37.4 Å². The highest BCUT2D eigenvalue weighted by molar-refractivity contribution is 6.00. The third kappa shape index (κ3) is 3.87. The predicted octanol–water partition coefficient (Wildman–Crippen LogP) is 1.16. The summed E-state index contributed by atoms with van der Waals surface area (Å²) in [6, 6.07) is 7.35. The zero-order chi connectivity index (χ0) is 16.9. The molecule has 2 unspecified atom stereocenters. The second-order valence-electron chi connectivity index (χ2n) is 6.56. The van der Waals surface area contributed by atoms with Gasteiger partial charge in [0.1, 0.15) is 5.75 Å². The molecule has 0 aromatic heterocycles. The fourth-order valence-corrected chi connectivity index (χ4v) is 3.38. The molecule has 2 fully saturated rings. The van der Waals surface area contributed by atoms with Crippen LogP contribution in [0.4, 0.5) is 5.69 Å². The first-order valence-corrected chi connectivity index (χ1v) is 8.60. The van der Waals surface area contributed by atoms with Crippen molar-refractivity contribution >= 4 is 17.5 Å². The summed E-state index contributed by atoms with van der Waals surface area (Å²) in [6.07, 6.45) is 2.59. The van der Waals surface area contributed by atoms with Gasteiger partial charge < -0.3 is 20.3 Å². The number of hydrogen-bond acceptors (Lipinski definition) is 4. The number of amides is 2. The zero-order valence-electron chi connectivity index (χ0n) is 14.1. The summed E-state index contributed by atoms with van der Waals surface area (Å²) in [4.78, 5) is 26.3. The van der Waals surface area contributed by atoms with Gasteiger partial charge in [-0.15, -0.1) is 0 Å². The summed E-state index contributed by atoms with van der Waals surface area (Å²) in [6.45, 7) is 3.17. The Labute approximate surface area is 142 Å². The van der Waals surface area contributed by atoms with Crippen LogP contribution in [0.3, 0.4) is 0 Å². The average Bonchev–Trinajstić information content (AvgIpc) is 3.02. The van der Waals surface area contributed by atoms with Gasteiger partial charge in [-0.05, 0) is 56.1 Å². The van der Waals surface area contributed by atoms with E-state index in [1.165, 1.54) is 0 Å². The summed E-state index contributed by atoms with van der Waals surface area (Å²) in [5, 5.41) is 6.38. The maximum atomic E-state index is 12.4. The lowest BCUT2D eigenvalue weighted by Crippen LogP contribution is -2.40. The molecule has 24 heavy (non-hydrogen) atoms. The van der Waals surface area contributed by atoms with Gasteiger partial charge in [0, 0.05) is 25.2 Å². The monoisotopic (exact) mass is 331 g/mol. The molecular weight excluding hydrogens is 306 g/mol. The van der Waals surface area contributed by atoms with Crippen LogP contribution in [-0.4, -0.2) is 45.1 Å². The number of nitrogens with one attached hydrogen (secondary N) is 2. The summed E-state index contributed by atoms with van der Waals surface area (Å²) >= 11 is 0. The molecule has 130 valence electrons. The fourth-order valence-electron chi connectivity index (χ4n) is 3.38. The summed E-state index contributed by atoms with van der Waals surface area (Å²) in [5.74, 6) is 0.971. The lowest BCUT2D eigenvalue weighted by molar-refractivity contribution is -0.126. The molecule has 2 amide bonds. The standard InChI is InChI=1S/C18H25N3O3/c1-24-16-6-4-15(5-7-16)21-12-14(9-17(21)22)18(23)20-11-13-3-2-8-19-10-13/h4-7,13-14,19H,2-3,8-12H2,1H3,(H,20,23). The van der Waals surface area contributed by atoms with Crippen LogP contribution >= 0.6 is 0 Å². The smallest absolute Gasteiger partial charge is 0.227 e. The Balaban J connectivity index is 1.54. The summed E-state index contributed by atoms with van der Waals surface area (Å²) < 4.78 is 5.13. The van der Waals surface area contributed by atoms with Gasteiger partial charge in [-0.2, -0.15) is 0 Å². The molecule has 2 heterocycles. The van der Waals surface area contributed by atoms with E-state index in [9.17, 15) is 9.59 Å². The van der Waals surface area contributed by atoms with E-state index < -0.39 is 0 Å². The molecule has 6 nitrogen and oxygen atoms in total. The van der Waals surface area contributed by atoms with Gasteiger partial charge in [-0.3, -0.25) is 9.59 Å². The number of piperidine rings is 1. The van der Waals surface area contributed by atoms with Crippen LogP contribution in [0.15, 0.2) is 24.3 Å². The SMILES string of the molecule is COc1ccc(N2CC(C(=O)NCC3CCCNC3)CC2=O)cc1. The van der Waals surface area contributed by atoms with Crippen LogP contribution in [-0.2, 0) is 9.59 Å². The second kappa shape index (κ2) is 7.66. The largest absolute Gasteiger partial charge is 0.497 e. The molecule has 0 saturated carbocycles. The molecule has 2 saturated heterocycles. The molecule has 6 heteroatoms. The minimum atomic E-state index is -0.267. The highest BCUT2D eigenvalue weighted by Gasteiger charge is 2.35. The maximum Gasteiger partial charge on any atom is 0.227 e. The van der Waals surface area contributed by atoms with E-state index >= 15 is 0 Å². The predicted molar refractivity (Wildman–Crippen MR) is 92.1 cm³/mol. The van der Waals surface area contributed by atoms with Crippen molar-refractivity contribution in [3.05, 3.63) is 24.3 Å². The second-order valence-corrected chi connectivity index (χ2v) is 6.56. The van der Waals surface area contributed by atoms with E-state index in [0.29, 0.717) is 19.0 Å². The van der Waals surface area contributed by atoms with Gasteiger partial charge in [0.25, 0.3) is 0 Å². The molecule has 0 aliphatic carbocycles. The molecule has 0 radical (unpaired) electrons. The Morgan fingerprint density at radius 2 is 2.17 bits per heavy atom. The van der Waals surface area contributed by atoms with Crippen LogP contribution in [0.5, 0.6) is 5.75 Å². The van der Waals surface area contributed by atoms with Crippen LogP contribution in [0.25, 0.3) is 0 Å². The summed E-state index contributed by atoms with van der Waals surface area (Å²) in [7, 11) is 1.61. The van der Waals surface area contributed by atoms with Crippen LogP contribution < -0.4 is 20.3 Å². The number of ether oxygens (including phenoxy) is 1. The van der Waals surface area contributed by atoms with Crippen molar-refractivity contribution in [2.24, 2.45) is 11.8 Å². The number of carbonyl (C=O) groups excluding carboxylic acids is 2. The first-order chi connectivity index (χ1) is 11.7. The molecule has 2 atom stereocenters. The van der Waals surface area contributed by atoms with Gasteiger partial charge in [0.15, 0.2) is 0 Å². The molecule has 0 bridgehead atoms. The van der Waals surface area contributed by atoms with Gasteiger partial charge >= 0.3 is 0 Å². The van der Waals surface area contributed by atoms with E-state index in [-0.39, 0.29) is 24.2 Å². The summed E-state index contributed by atoms with van der Waals surface area (Å²) in [5.41, 5.74) is 0.813. The minimum Gasteiger partial charge on any atom is -0.497 e. The first kappa shape index (κ1) is 16.8. The van der Waals surface area contributed by atoms with Crippen molar-refractivity contribution in [3.63, 3.8) is 0 Å².